The second kappa shape index (κ2) is 5.38. The Morgan fingerprint density at radius 2 is 2.00 bits per heavy atom. The molecule has 0 heterocycles. The van der Waals surface area contributed by atoms with Gasteiger partial charge in [0.25, 0.3) is 0 Å². The van der Waals surface area contributed by atoms with E-state index >= 15 is 0 Å². The number of carboxylic acids is 1. The fourth-order valence-corrected chi connectivity index (χ4v) is 1.65. The molecule has 5 nitrogen and oxygen atoms in total. The van der Waals surface area contributed by atoms with Crippen LogP contribution in [0.1, 0.15) is 33.1 Å². The summed E-state index contributed by atoms with van der Waals surface area (Å²) >= 11 is 0. The van der Waals surface area contributed by atoms with Crippen molar-refractivity contribution in [2.45, 2.75) is 33.1 Å². The average Bonchev–Trinajstić information content (AvgIpc) is 2.19. The molecule has 1 rings (SSSR count). The molecule has 0 radical (unpaired) electrons. The van der Waals surface area contributed by atoms with Gasteiger partial charge in [-0.25, -0.2) is 4.79 Å². The molecule has 0 unspecified atom stereocenters. The summed E-state index contributed by atoms with van der Waals surface area (Å²) in [5, 5.41) is 11.6. The van der Waals surface area contributed by atoms with E-state index in [0.717, 1.165) is 6.54 Å². The number of carboxylic acid groups (broad SMARTS) is 1. The van der Waals surface area contributed by atoms with Crippen molar-refractivity contribution < 1.29 is 14.7 Å². The van der Waals surface area contributed by atoms with Crippen molar-refractivity contribution in [3.8, 4) is 0 Å². The first-order valence-corrected chi connectivity index (χ1v) is 6.05. The zero-order chi connectivity index (χ0) is 13.1. The number of aliphatic carboxylic acids is 1. The third-order valence-corrected chi connectivity index (χ3v) is 3.36. The van der Waals surface area contributed by atoms with E-state index in [0.29, 0.717) is 5.92 Å². The molecule has 0 aromatic rings. The minimum absolute atomic E-state index is 0.149. The standard InChI is InChI=1S/C12H22N2O3/c1-12(2,10(15)16)8-13-11(17)14(3)7-9-5-4-6-9/h9H,4-8H2,1-3H3,(H,13,17)(H,15,16). The van der Waals surface area contributed by atoms with Gasteiger partial charge in [-0.3, -0.25) is 4.79 Å². The smallest absolute Gasteiger partial charge is 0.317 e. The van der Waals surface area contributed by atoms with E-state index in [-0.39, 0.29) is 12.6 Å². The second-order valence-electron chi connectivity index (χ2n) is 5.53. The van der Waals surface area contributed by atoms with Crippen LogP contribution in [0.15, 0.2) is 0 Å². The molecule has 0 atom stereocenters. The van der Waals surface area contributed by atoms with Crippen molar-refractivity contribution in [1.29, 1.82) is 0 Å². The van der Waals surface area contributed by atoms with Crippen molar-refractivity contribution in [3.63, 3.8) is 0 Å². The average molecular weight is 242 g/mol. The molecule has 0 spiro atoms. The maximum Gasteiger partial charge on any atom is 0.317 e. The van der Waals surface area contributed by atoms with E-state index in [1.165, 1.54) is 19.3 Å². The lowest BCUT2D eigenvalue weighted by atomic mass is 9.85. The van der Waals surface area contributed by atoms with E-state index in [9.17, 15) is 9.59 Å². The highest BCUT2D eigenvalue weighted by molar-refractivity contribution is 5.77. The summed E-state index contributed by atoms with van der Waals surface area (Å²) in [6, 6.07) is -0.189. The van der Waals surface area contributed by atoms with Gasteiger partial charge in [-0.05, 0) is 32.6 Å². The SMILES string of the molecule is CN(CC1CCC1)C(=O)NCC(C)(C)C(=O)O. The van der Waals surface area contributed by atoms with Gasteiger partial charge in [0.1, 0.15) is 0 Å². The molecular formula is C12H22N2O3. The maximum absolute atomic E-state index is 11.7. The third-order valence-electron chi connectivity index (χ3n) is 3.36. The first-order chi connectivity index (χ1) is 7.83. The van der Waals surface area contributed by atoms with Crippen LogP contribution >= 0.6 is 0 Å². The predicted molar refractivity (Wildman–Crippen MR) is 64.8 cm³/mol. The molecule has 1 aliphatic carbocycles. The zero-order valence-electron chi connectivity index (χ0n) is 10.8. The van der Waals surface area contributed by atoms with Gasteiger partial charge in [-0.15, -0.1) is 0 Å². The molecule has 1 aliphatic rings. The molecule has 2 amide bonds. The first kappa shape index (κ1) is 13.8. The van der Waals surface area contributed by atoms with Crippen LogP contribution in [0.4, 0.5) is 4.79 Å². The van der Waals surface area contributed by atoms with Gasteiger partial charge in [-0.2, -0.15) is 0 Å². The summed E-state index contributed by atoms with van der Waals surface area (Å²) in [6.07, 6.45) is 3.64. The summed E-state index contributed by atoms with van der Waals surface area (Å²) in [7, 11) is 1.75. The van der Waals surface area contributed by atoms with E-state index in [2.05, 4.69) is 5.32 Å². The molecule has 1 saturated carbocycles. The minimum Gasteiger partial charge on any atom is -0.481 e. The fourth-order valence-electron chi connectivity index (χ4n) is 1.65. The number of nitrogens with one attached hydrogen (secondary N) is 1. The summed E-state index contributed by atoms with van der Waals surface area (Å²) in [5.74, 6) is -0.280. The van der Waals surface area contributed by atoms with Gasteiger partial charge in [0.2, 0.25) is 0 Å². The zero-order valence-corrected chi connectivity index (χ0v) is 10.8. The van der Waals surface area contributed by atoms with Crippen LogP contribution < -0.4 is 5.32 Å². The normalized spacial score (nSPS) is 16.2. The van der Waals surface area contributed by atoms with Crippen LogP contribution in [0.3, 0.4) is 0 Å². The number of carbonyl (C=O) groups is 2. The van der Waals surface area contributed by atoms with Crippen LogP contribution in [0.5, 0.6) is 0 Å². The van der Waals surface area contributed by atoms with E-state index in [1.54, 1.807) is 25.8 Å². The first-order valence-electron chi connectivity index (χ1n) is 6.05. The summed E-state index contributed by atoms with van der Waals surface area (Å²) in [4.78, 5) is 24.2. The Kier molecular flexibility index (Phi) is 4.37. The number of nitrogens with zero attached hydrogens (tertiary/aromatic N) is 1. The van der Waals surface area contributed by atoms with Crippen molar-refractivity contribution in [1.82, 2.24) is 10.2 Å². The van der Waals surface area contributed by atoms with E-state index in [1.807, 2.05) is 0 Å². The molecular weight excluding hydrogens is 220 g/mol. The largest absolute Gasteiger partial charge is 0.481 e. The number of amides is 2. The van der Waals surface area contributed by atoms with Crippen LogP contribution in [0.2, 0.25) is 0 Å². The maximum atomic E-state index is 11.7. The number of hydrogen-bond donors (Lipinski definition) is 2. The van der Waals surface area contributed by atoms with Gasteiger partial charge >= 0.3 is 12.0 Å². The lowest BCUT2D eigenvalue weighted by Gasteiger charge is -2.30. The molecule has 17 heavy (non-hydrogen) atoms. The highest BCUT2D eigenvalue weighted by Crippen LogP contribution is 2.26. The third kappa shape index (κ3) is 3.91. The lowest BCUT2D eigenvalue weighted by molar-refractivity contribution is -0.146. The van der Waals surface area contributed by atoms with Crippen molar-refractivity contribution in [2.24, 2.45) is 11.3 Å². The molecule has 0 aliphatic heterocycles. The Bertz CT molecular complexity index is 298. The Morgan fingerprint density at radius 3 is 2.41 bits per heavy atom. The molecule has 2 N–H and O–H groups in total. The fraction of sp³-hybridized carbons (Fsp3) is 0.833. The molecule has 0 bridgehead atoms. The molecule has 0 aromatic carbocycles. The second-order valence-corrected chi connectivity index (χ2v) is 5.53. The predicted octanol–water partition coefficient (Wildman–Crippen LogP) is 1.54. The molecule has 0 saturated heterocycles. The Hall–Kier alpha value is -1.26. The van der Waals surface area contributed by atoms with Gasteiger partial charge in [0.05, 0.1) is 5.41 Å². The monoisotopic (exact) mass is 242 g/mol. The van der Waals surface area contributed by atoms with Crippen molar-refractivity contribution >= 4 is 12.0 Å². The van der Waals surface area contributed by atoms with Crippen LogP contribution in [-0.2, 0) is 4.79 Å². The number of hydrogen-bond acceptors (Lipinski definition) is 2. The van der Waals surface area contributed by atoms with Crippen LogP contribution in [0, 0.1) is 11.3 Å². The topological polar surface area (TPSA) is 69.6 Å². The van der Waals surface area contributed by atoms with Crippen LogP contribution in [-0.4, -0.2) is 42.1 Å². The lowest BCUT2D eigenvalue weighted by Crippen LogP contribution is -2.45. The number of rotatable bonds is 5. The highest BCUT2D eigenvalue weighted by Gasteiger charge is 2.28. The molecule has 0 aromatic heterocycles. The molecule has 5 heteroatoms. The Labute approximate surface area is 102 Å². The van der Waals surface area contributed by atoms with E-state index in [4.69, 9.17) is 5.11 Å². The van der Waals surface area contributed by atoms with Crippen molar-refractivity contribution in [2.75, 3.05) is 20.1 Å². The van der Waals surface area contributed by atoms with Crippen molar-refractivity contribution in [3.05, 3.63) is 0 Å². The summed E-state index contributed by atoms with van der Waals surface area (Å²) < 4.78 is 0. The molecule has 98 valence electrons. The van der Waals surface area contributed by atoms with Gasteiger partial charge in [0.15, 0.2) is 0 Å². The quantitative estimate of drug-likeness (QED) is 0.768. The van der Waals surface area contributed by atoms with Gasteiger partial charge < -0.3 is 15.3 Å². The summed E-state index contributed by atoms with van der Waals surface area (Å²) in [5.41, 5.74) is -0.924. The minimum atomic E-state index is -0.924. The Morgan fingerprint density at radius 1 is 1.41 bits per heavy atom. The van der Waals surface area contributed by atoms with Crippen LogP contribution in [0.25, 0.3) is 0 Å². The molecule has 1 fully saturated rings. The van der Waals surface area contributed by atoms with Gasteiger partial charge in [-0.1, -0.05) is 6.42 Å². The Balaban J connectivity index is 2.30. The summed E-state index contributed by atoms with van der Waals surface area (Å²) in [6.45, 7) is 4.11. The number of carbonyl (C=O) groups excluding carboxylic acids is 1. The highest BCUT2D eigenvalue weighted by atomic mass is 16.4. The van der Waals surface area contributed by atoms with Gasteiger partial charge in [0, 0.05) is 20.1 Å². The van der Waals surface area contributed by atoms with E-state index < -0.39 is 11.4 Å². The number of urea groups is 1.